The van der Waals surface area contributed by atoms with Crippen molar-refractivity contribution < 1.29 is 13.2 Å². The highest BCUT2D eigenvalue weighted by atomic mass is 35.5. The van der Waals surface area contributed by atoms with Crippen molar-refractivity contribution in [2.75, 3.05) is 10.0 Å². The van der Waals surface area contributed by atoms with Crippen LogP contribution in [0.3, 0.4) is 0 Å². The van der Waals surface area contributed by atoms with Crippen LogP contribution in [0.25, 0.3) is 6.08 Å². The molecule has 3 rings (SSSR count). The van der Waals surface area contributed by atoms with E-state index in [1.54, 1.807) is 24.3 Å². The number of hydrogen-bond donors (Lipinski definition) is 2. The van der Waals surface area contributed by atoms with Crippen LogP contribution in [0, 0.1) is 13.8 Å². The topological polar surface area (TPSA) is 75.3 Å². The van der Waals surface area contributed by atoms with Crippen LogP contribution >= 0.6 is 23.2 Å². The van der Waals surface area contributed by atoms with Gasteiger partial charge in [-0.3, -0.25) is 9.52 Å². The van der Waals surface area contributed by atoms with Crippen LogP contribution in [0.5, 0.6) is 0 Å². The molecule has 0 saturated carbocycles. The summed E-state index contributed by atoms with van der Waals surface area (Å²) < 4.78 is 28.1. The highest BCUT2D eigenvalue weighted by molar-refractivity contribution is 7.92. The predicted molar refractivity (Wildman–Crippen MR) is 127 cm³/mol. The van der Waals surface area contributed by atoms with Crippen LogP contribution in [0.15, 0.2) is 71.6 Å². The number of aryl methyl sites for hydroxylation is 2. The van der Waals surface area contributed by atoms with Gasteiger partial charge in [0, 0.05) is 21.8 Å². The van der Waals surface area contributed by atoms with Crippen molar-refractivity contribution in [3.05, 3.63) is 93.5 Å². The molecule has 0 fully saturated rings. The van der Waals surface area contributed by atoms with Crippen LogP contribution in [-0.2, 0) is 14.8 Å². The third-order valence-corrected chi connectivity index (χ3v) is 6.45. The van der Waals surface area contributed by atoms with Crippen molar-refractivity contribution in [3.63, 3.8) is 0 Å². The monoisotopic (exact) mass is 474 g/mol. The van der Waals surface area contributed by atoms with E-state index in [2.05, 4.69) is 10.0 Å². The first-order valence-electron chi connectivity index (χ1n) is 9.29. The van der Waals surface area contributed by atoms with Crippen LogP contribution < -0.4 is 10.0 Å². The summed E-state index contributed by atoms with van der Waals surface area (Å²) >= 11 is 11.9. The molecule has 3 aromatic rings. The van der Waals surface area contributed by atoms with E-state index in [9.17, 15) is 13.2 Å². The maximum atomic E-state index is 12.7. The molecule has 0 radical (unpaired) electrons. The Hall–Kier alpha value is -2.80. The minimum Gasteiger partial charge on any atom is -0.323 e. The van der Waals surface area contributed by atoms with Crippen LogP contribution in [0.2, 0.25) is 10.0 Å². The van der Waals surface area contributed by atoms with Gasteiger partial charge in [0.25, 0.3) is 10.0 Å². The second-order valence-electron chi connectivity index (χ2n) is 6.89. The second kappa shape index (κ2) is 9.56. The van der Waals surface area contributed by atoms with Crippen LogP contribution in [-0.4, -0.2) is 14.3 Å². The fourth-order valence-electron chi connectivity index (χ4n) is 2.87. The molecule has 0 aromatic heterocycles. The second-order valence-corrected chi connectivity index (χ2v) is 9.41. The van der Waals surface area contributed by atoms with Crippen LogP contribution in [0.1, 0.15) is 16.7 Å². The molecule has 2 N–H and O–H groups in total. The molecule has 160 valence electrons. The first-order chi connectivity index (χ1) is 14.7. The van der Waals surface area contributed by atoms with Crippen molar-refractivity contribution in [1.82, 2.24) is 0 Å². The average molecular weight is 475 g/mol. The Morgan fingerprint density at radius 3 is 2.19 bits per heavy atom. The maximum Gasteiger partial charge on any atom is 0.261 e. The van der Waals surface area contributed by atoms with E-state index in [4.69, 9.17) is 23.2 Å². The van der Waals surface area contributed by atoms with Gasteiger partial charge in [0.05, 0.1) is 10.6 Å². The number of nitrogens with one attached hydrogen (secondary N) is 2. The van der Waals surface area contributed by atoms with Gasteiger partial charge in [0.15, 0.2) is 0 Å². The van der Waals surface area contributed by atoms with E-state index in [1.165, 1.54) is 30.3 Å². The van der Waals surface area contributed by atoms with Gasteiger partial charge in [-0.25, -0.2) is 8.42 Å². The van der Waals surface area contributed by atoms with Gasteiger partial charge in [-0.2, -0.15) is 0 Å². The first kappa shape index (κ1) is 22.9. The number of rotatable bonds is 6. The number of hydrogen-bond acceptors (Lipinski definition) is 3. The average Bonchev–Trinajstić information content (AvgIpc) is 2.71. The van der Waals surface area contributed by atoms with Crippen molar-refractivity contribution in [1.29, 1.82) is 0 Å². The SMILES string of the molecule is Cc1cccc(C)c1NS(=O)(=O)c1ccc(NC(=O)/C=C/c2ccc(Cl)cc2Cl)cc1. The van der Waals surface area contributed by atoms with Crippen molar-refractivity contribution in [3.8, 4) is 0 Å². The van der Waals surface area contributed by atoms with Crippen molar-refractivity contribution >= 4 is 56.6 Å². The van der Waals surface area contributed by atoms with E-state index in [0.29, 0.717) is 27.0 Å². The molecular formula is C23H20Cl2N2O3S. The minimum atomic E-state index is -3.76. The standard InChI is InChI=1S/C23H20Cl2N2O3S/c1-15-4-3-5-16(2)23(15)27-31(29,30)20-11-9-19(10-12-20)26-22(28)13-7-17-6-8-18(24)14-21(17)25/h3-14,27H,1-2H3,(H,26,28)/b13-7+. The van der Waals surface area contributed by atoms with E-state index >= 15 is 0 Å². The molecule has 0 heterocycles. The van der Waals surface area contributed by atoms with Gasteiger partial charge in [-0.05, 0) is 73.0 Å². The molecule has 5 nitrogen and oxygen atoms in total. The molecule has 0 bridgehead atoms. The number of carbonyl (C=O) groups excluding carboxylic acids is 1. The lowest BCUT2D eigenvalue weighted by atomic mass is 10.1. The summed E-state index contributed by atoms with van der Waals surface area (Å²) in [6.45, 7) is 3.68. The summed E-state index contributed by atoms with van der Waals surface area (Å²) in [6.07, 6.45) is 2.91. The molecule has 0 aliphatic heterocycles. The largest absolute Gasteiger partial charge is 0.323 e. The number of amides is 1. The molecule has 0 saturated heterocycles. The highest BCUT2D eigenvalue weighted by Crippen LogP contribution is 2.24. The molecule has 0 spiro atoms. The number of para-hydroxylation sites is 1. The van der Waals surface area contributed by atoms with Crippen LogP contribution in [0.4, 0.5) is 11.4 Å². The van der Waals surface area contributed by atoms with Gasteiger partial charge in [0.2, 0.25) is 5.91 Å². The Labute approximate surface area is 191 Å². The normalized spacial score (nSPS) is 11.5. The summed E-state index contributed by atoms with van der Waals surface area (Å²) in [7, 11) is -3.76. The summed E-state index contributed by atoms with van der Waals surface area (Å²) in [4.78, 5) is 12.3. The maximum absolute atomic E-state index is 12.7. The number of anilines is 2. The molecule has 0 atom stereocenters. The number of sulfonamides is 1. The Balaban J connectivity index is 1.69. The fourth-order valence-corrected chi connectivity index (χ4v) is 4.55. The number of benzene rings is 3. The summed E-state index contributed by atoms with van der Waals surface area (Å²) in [6, 6.07) is 16.5. The van der Waals surface area contributed by atoms with Gasteiger partial charge in [-0.1, -0.05) is 47.5 Å². The van der Waals surface area contributed by atoms with E-state index < -0.39 is 10.0 Å². The molecule has 1 amide bonds. The Morgan fingerprint density at radius 1 is 0.935 bits per heavy atom. The molecule has 0 aliphatic rings. The number of carbonyl (C=O) groups is 1. The lowest BCUT2D eigenvalue weighted by Crippen LogP contribution is -2.15. The van der Waals surface area contributed by atoms with Crippen molar-refractivity contribution in [2.45, 2.75) is 18.7 Å². The molecule has 8 heteroatoms. The highest BCUT2D eigenvalue weighted by Gasteiger charge is 2.16. The Bertz CT molecular complexity index is 1230. The van der Waals surface area contributed by atoms with Gasteiger partial charge in [-0.15, -0.1) is 0 Å². The molecule has 31 heavy (non-hydrogen) atoms. The van der Waals surface area contributed by atoms with Gasteiger partial charge in [0.1, 0.15) is 0 Å². The third kappa shape index (κ3) is 5.88. The summed E-state index contributed by atoms with van der Waals surface area (Å²) in [5, 5.41) is 3.62. The van der Waals surface area contributed by atoms with E-state index in [1.807, 2.05) is 32.0 Å². The lowest BCUT2D eigenvalue weighted by Gasteiger charge is -2.13. The van der Waals surface area contributed by atoms with Gasteiger partial charge >= 0.3 is 0 Å². The summed E-state index contributed by atoms with van der Waals surface area (Å²) in [5.41, 5.74) is 3.34. The van der Waals surface area contributed by atoms with Crippen molar-refractivity contribution in [2.24, 2.45) is 0 Å². The molecule has 0 unspecified atom stereocenters. The zero-order valence-electron chi connectivity index (χ0n) is 16.8. The fraction of sp³-hybridized carbons (Fsp3) is 0.0870. The quantitative estimate of drug-likeness (QED) is 0.426. The summed E-state index contributed by atoms with van der Waals surface area (Å²) in [5.74, 6) is -0.379. The molecular weight excluding hydrogens is 455 g/mol. The Morgan fingerprint density at radius 2 is 1.58 bits per heavy atom. The molecule has 0 aliphatic carbocycles. The first-order valence-corrected chi connectivity index (χ1v) is 11.5. The zero-order chi connectivity index (χ0) is 22.6. The minimum absolute atomic E-state index is 0.0941. The zero-order valence-corrected chi connectivity index (χ0v) is 19.1. The number of halogens is 2. The van der Waals surface area contributed by atoms with E-state index in [-0.39, 0.29) is 10.8 Å². The van der Waals surface area contributed by atoms with Gasteiger partial charge < -0.3 is 5.32 Å². The lowest BCUT2D eigenvalue weighted by molar-refractivity contribution is -0.111. The Kier molecular flexibility index (Phi) is 7.05. The predicted octanol–water partition coefficient (Wildman–Crippen LogP) is 6.06. The van der Waals surface area contributed by atoms with E-state index in [0.717, 1.165) is 11.1 Å². The third-order valence-electron chi connectivity index (χ3n) is 4.53. The smallest absolute Gasteiger partial charge is 0.261 e. The molecule has 3 aromatic carbocycles.